The Balaban J connectivity index is 1.37. The lowest BCUT2D eigenvalue weighted by atomic mass is 10.1. The number of nitrogens with one attached hydrogen (secondary N) is 1. The maximum Gasteiger partial charge on any atom is 0.238 e. The minimum Gasteiger partial charge on any atom is -0.340 e. The molecule has 1 saturated heterocycles. The lowest BCUT2D eigenvalue weighted by Crippen LogP contribution is -2.50. The summed E-state index contributed by atoms with van der Waals surface area (Å²) in [4.78, 5) is 28.7. The molecule has 0 aliphatic carbocycles. The van der Waals surface area contributed by atoms with Crippen LogP contribution in [0.15, 0.2) is 42.5 Å². The predicted octanol–water partition coefficient (Wildman–Crippen LogP) is 4.75. The van der Waals surface area contributed by atoms with Crippen molar-refractivity contribution in [3.63, 3.8) is 0 Å². The molecule has 0 radical (unpaired) electrons. The number of rotatable bonds is 7. The highest BCUT2D eigenvalue weighted by Crippen LogP contribution is 2.23. The monoisotopic (exact) mass is 467 g/mol. The van der Waals surface area contributed by atoms with E-state index in [9.17, 15) is 9.59 Å². The summed E-state index contributed by atoms with van der Waals surface area (Å²) in [6.45, 7) is 2.89. The molecule has 5 nitrogen and oxygen atoms in total. The van der Waals surface area contributed by atoms with E-state index in [1.165, 1.54) is 0 Å². The second-order valence-corrected chi connectivity index (χ2v) is 8.51. The van der Waals surface area contributed by atoms with Gasteiger partial charge in [0.15, 0.2) is 0 Å². The van der Waals surface area contributed by atoms with Crippen LogP contribution in [0.25, 0.3) is 0 Å². The number of para-hydroxylation sites is 1. The van der Waals surface area contributed by atoms with Crippen LogP contribution in [0.5, 0.6) is 0 Å². The number of aryl methyl sites for hydroxylation is 1. The van der Waals surface area contributed by atoms with Gasteiger partial charge in [-0.05, 0) is 42.7 Å². The Kier molecular flexibility index (Phi) is 8.40. The molecule has 1 N–H and O–H groups in total. The van der Waals surface area contributed by atoms with Gasteiger partial charge in [0.05, 0.1) is 27.3 Å². The molecule has 1 aliphatic heterocycles. The molecule has 8 heteroatoms. The number of amides is 2. The second kappa shape index (κ2) is 11.0. The van der Waals surface area contributed by atoms with Gasteiger partial charge in [-0.15, -0.1) is 0 Å². The van der Waals surface area contributed by atoms with Crippen LogP contribution in [0.4, 0.5) is 5.69 Å². The number of carbonyl (C=O) groups is 2. The zero-order valence-electron chi connectivity index (χ0n) is 16.5. The average molecular weight is 469 g/mol. The summed E-state index contributed by atoms with van der Waals surface area (Å²) in [7, 11) is 0. The average Bonchev–Trinajstić information content (AvgIpc) is 2.73. The molecule has 0 spiro atoms. The van der Waals surface area contributed by atoms with Gasteiger partial charge in [-0.1, -0.05) is 53.0 Å². The van der Waals surface area contributed by atoms with Crippen molar-refractivity contribution < 1.29 is 9.59 Å². The maximum atomic E-state index is 12.5. The lowest BCUT2D eigenvalue weighted by molar-refractivity contribution is -0.133. The second-order valence-electron chi connectivity index (χ2n) is 7.29. The number of hydrogen-bond acceptors (Lipinski definition) is 3. The van der Waals surface area contributed by atoms with Crippen molar-refractivity contribution in [1.29, 1.82) is 0 Å². The number of benzene rings is 2. The summed E-state index contributed by atoms with van der Waals surface area (Å²) in [5, 5.41) is 4.42. The first kappa shape index (κ1) is 22.9. The molecule has 0 aromatic heterocycles. The van der Waals surface area contributed by atoms with E-state index in [0.29, 0.717) is 53.4 Å². The van der Waals surface area contributed by atoms with E-state index in [1.54, 1.807) is 18.2 Å². The van der Waals surface area contributed by atoms with Crippen molar-refractivity contribution in [2.45, 2.75) is 19.3 Å². The summed E-state index contributed by atoms with van der Waals surface area (Å²) in [6.07, 6.45) is 2.04. The van der Waals surface area contributed by atoms with Crippen LogP contribution < -0.4 is 5.32 Å². The molecule has 1 fully saturated rings. The molecule has 0 saturated carbocycles. The Bertz CT molecular complexity index is 899. The summed E-state index contributed by atoms with van der Waals surface area (Å²) in [6, 6.07) is 12.7. The standard InChI is InChI=1S/C22H24Cl3N3O2/c23-17-9-8-16(14-19(17)25)4-3-7-22(30)28-12-10-27(11-13-28)15-21(29)26-20-6-2-1-5-18(20)24/h1-2,5-6,8-9,14H,3-4,7,10-13,15H2,(H,26,29). The molecule has 0 unspecified atom stereocenters. The van der Waals surface area contributed by atoms with E-state index in [-0.39, 0.29) is 18.4 Å². The molecule has 2 amide bonds. The Labute approximate surface area is 191 Å². The topological polar surface area (TPSA) is 52.7 Å². The van der Waals surface area contributed by atoms with Gasteiger partial charge in [-0.2, -0.15) is 0 Å². The number of halogens is 3. The van der Waals surface area contributed by atoms with E-state index < -0.39 is 0 Å². The molecular formula is C22H24Cl3N3O2. The van der Waals surface area contributed by atoms with Crippen LogP contribution in [-0.4, -0.2) is 54.3 Å². The smallest absolute Gasteiger partial charge is 0.238 e. The number of carbonyl (C=O) groups excluding carboxylic acids is 2. The van der Waals surface area contributed by atoms with Crippen LogP contribution in [0, 0.1) is 0 Å². The molecule has 3 rings (SSSR count). The fourth-order valence-electron chi connectivity index (χ4n) is 3.41. The van der Waals surface area contributed by atoms with E-state index in [1.807, 2.05) is 34.1 Å². The quantitative estimate of drug-likeness (QED) is 0.638. The molecule has 2 aromatic carbocycles. The first-order valence-corrected chi connectivity index (χ1v) is 11.0. The number of piperazine rings is 1. The molecule has 30 heavy (non-hydrogen) atoms. The van der Waals surface area contributed by atoms with Gasteiger partial charge < -0.3 is 10.2 Å². The van der Waals surface area contributed by atoms with E-state index in [4.69, 9.17) is 34.8 Å². The van der Waals surface area contributed by atoms with Crippen molar-refractivity contribution in [2.24, 2.45) is 0 Å². The first-order chi connectivity index (χ1) is 14.4. The van der Waals surface area contributed by atoms with E-state index in [2.05, 4.69) is 5.32 Å². The van der Waals surface area contributed by atoms with Crippen molar-refractivity contribution in [3.05, 3.63) is 63.1 Å². The highest BCUT2D eigenvalue weighted by molar-refractivity contribution is 6.42. The third-order valence-electron chi connectivity index (χ3n) is 5.08. The predicted molar refractivity (Wildman–Crippen MR) is 123 cm³/mol. The molecule has 2 aromatic rings. The Morgan fingerprint density at radius 2 is 1.63 bits per heavy atom. The number of anilines is 1. The van der Waals surface area contributed by atoms with Crippen molar-refractivity contribution >= 4 is 52.3 Å². The minimum absolute atomic E-state index is 0.107. The minimum atomic E-state index is -0.107. The fraction of sp³-hybridized carbons (Fsp3) is 0.364. The van der Waals surface area contributed by atoms with E-state index >= 15 is 0 Å². The summed E-state index contributed by atoms with van der Waals surface area (Å²) < 4.78 is 0. The van der Waals surface area contributed by atoms with Gasteiger partial charge >= 0.3 is 0 Å². The Morgan fingerprint density at radius 3 is 2.33 bits per heavy atom. The van der Waals surface area contributed by atoms with Gasteiger partial charge in [-0.3, -0.25) is 14.5 Å². The van der Waals surface area contributed by atoms with Crippen molar-refractivity contribution in [3.8, 4) is 0 Å². The molecule has 0 atom stereocenters. The summed E-state index contributed by atoms with van der Waals surface area (Å²) in [5.41, 5.74) is 1.69. The van der Waals surface area contributed by atoms with Gasteiger partial charge in [0.2, 0.25) is 11.8 Å². The Hall–Kier alpha value is -1.79. The van der Waals surface area contributed by atoms with Gasteiger partial charge in [0.25, 0.3) is 0 Å². The third-order valence-corrected chi connectivity index (χ3v) is 6.15. The van der Waals surface area contributed by atoms with Crippen LogP contribution >= 0.6 is 34.8 Å². The molecular weight excluding hydrogens is 445 g/mol. The van der Waals surface area contributed by atoms with Gasteiger partial charge in [0.1, 0.15) is 0 Å². The SMILES string of the molecule is O=C(CN1CCN(C(=O)CCCc2ccc(Cl)c(Cl)c2)CC1)Nc1ccccc1Cl. The lowest BCUT2D eigenvalue weighted by Gasteiger charge is -2.34. The van der Waals surface area contributed by atoms with Crippen molar-refractivity contribution in [1.82, 2.24) is 9.80 Å². The van der Waals surface area contributed by atoms with Crippen LogP contribution in [0.1, 0.15) is 18.4 Å². The molecule has 1 heterocycles. The first-order valence-electron chi connectivity index (χ1n) is 9.91. The summed E-state index contributed by atoms with van der Waals surface area (Å²) in [5.74, 6) is 0.0414. The molecule has 160 valence electrons. The van der Waals surface area contributed by atoms with Crippen LogP contribution in [0.3, 0.4) is 0 Å². The van der Waals surface area contributed by atoms with Crippen LogP contribution in [0.2, 0.25) is 15.1 Å². The summed E-state index contributed by atoms with van der Waals surface area (Å²) >= 11 is 18.0. The fourth-order valence-corrected chi connectivity index (χ4v) is 3.91. The zero-order chi connectivity index (χ0) is 21.5. The Morgan fingerprint density at radius 1 is 0.900 bits per heavy atom. The molecule has 0 bridgehead atoms. The number of nitrogens with zero attached hydrogens (tertiary/aromatic N) is 2. The molecule has 1 aliphatic rings. The van der Waals surface area contributed by atoms with Crippen LogP contribution in [-0.2, 0) is 16.0 Å². The normalized spacial score (nSPS) is 14.6. The van der Waals surface area contributed by atoms with Gasteiger partial charge in [-0.25, -0.2) is 0 Å². The maximum absolute atomic E-state index is 12.5. The van der Waals surface area contributed by atoms with Crippen molar-refractivity contribution in [2.75, 3.05) is 38.0 Å². The largest absolute Gasteiger partial charge is 0.340 e. The zero-order valence-corrected chi connectivity index (χ0v) is 18.8. The highest BCUT2D eigenvalue weighted by atomic mass is 35.5. The number of hydrogen-bond donors (Lipinski definition) is 1. The van der Waals surface area contributed by atoms with Gasteiger partial charge in [0, 0.05) is 32.6 Å². The third kappa shape index (κ3) is 6.61. The highest BCUT2D eigenvalue weighted by Gasteiger charge is 2.22. The van der Waals surface area contributed by atoms with E-state index in [0.717, 1.165) is 18.4 Å².